The summed E-state index contributed by atoms with van der Waals surface area (Å²) < 4.78 is 15.5. The molecule has 4 nitrogen and oxygen atoms in total. The molecular weight excluding hydrogens is 256 g/mol. The van der Waals surface area contributed by atoms with Gasteiger partial charge in [-0.05, 0) is 29.7 Å². The number of esters is 1. The Morgan fingerprint density at radius 1 is 1.25 bits per heavy atom. The summed E-state index contributed by atoms with van der Waals surface area (Å²) in [5, 5.41) is 0. The second-order valence-corrected chi connectivity index (χ2v) is 4.45. The Balaban J connectivity index is 2.35. The summed E-state index contributed by atoms with van der Waals surface area (Å²) in [7, 11) is 2.97. The third-order valence-corrected chi connectivity index (χ3v) is 3.23. The first-order chi connectivity index (χ1) is 9.67. The zero-order chi connectivity index (χ0) is 14.5. The van der Waals surface area contributed by atoms with Gasteiger partial charge in [0.15, 0.2) is 0 Å². The number of carbonyl (C=O) groups is 1. The summed E-state index contributed by atoms with van der Waals surface area (Å²) in [6.45, 7) is 4.65. The first kappa shape index (κ1) is 14.2. The maximum absolute atomic E-state index is 12.0. The summed E-state index contributed by atoms with van der Waals surface area (Å²) in [6.07, 6.45) is 1.64. The average molecular weight is 274 g/mol. The quantitative estimate of drug-likeness (QED) is 0.625. The van der Waals surface area contributed by atoms with E-state index in [-0.39, 0.29) is 0 Å². The highest BCUT2D eigenvalue weighted by molar-refractivity contribution is 6.06. The van der Waals surface area contributed by atoms with Crippen molar-refractivity contribution in [2.24, 2.45) is 0 Å². The Kier molecular flexibility index (Phi) is 4.45. The van der Waals surface area contributed by atoms with Crippen LogP contribution in [0, 0.1) is 0 Å². The number of hydrogen-bond acceptors (Lipinski definition) is 4. The van der Waals surface area contributed by atoms with Gasteiger partial charge < -0.3 is 14.2 Å². The maximum Gasteiger partial charge on any atom is 0.341 e. The number of carbonyl (C=O) groups excluding carboxylic acids is 1. The van der Waals surface area contributed by atoms with E-state index in [0.29, 0.717) is 23.5 Å². The third kappa shape index (κ3) is 2.85. The standard InChI is InChI=1S/C16H18O4/c1-11(12-6-8-13(18-2)9-7-12)15(16(17)19-3)14-5-4-10-20-14/h6-9H,1,4-5,10H2,2-3H3/b15-14+. The van der Waals surface area contributed by atoms with Crippen LogP contribution in [0.3, 0.4) is 0 Å². The Bertz CT molecular complexity index is 532. The van der Waals surface area contributed by atoms with Crippen LogP contribution in [0.15, 0.2) is 42.2 Å². The van der Waals surface area contributed by atoms with Crippen LogP contribution in [0.25, 0.3) is 5.57 Å². The van der Waals surface area contributed by atoms with Crippen LogP contribution < -0.4 is 4.74 Å². The molecule has 1 fully saturated rings. The minimum atomic E-state index is -0.414. The molecule has 1 saturated heterocycles. The van der Waals surface area contributed by atoms with Crippen molar-refractivity contribution >= 4 is 11.5 Å². The molecule has 1 aromatic carbocycles. The van der Waals surface area contributed by atoms with E-state index >= 15 is 0 Å². The van der Waals surface area contributed by atoms with Gasteiger partial charge in [-0.2, -0.15) is 0 Å². The normalized spacial score (nSPS) is 16.3. The largest absolute Gasteiger partial charge is 0.497 e. The Morgan fingerprint density at radius 3 is 2.45 bits per heavy atom. The van der Waals surface area contributed by atoms with Gasteiger partial charge in [0.05, 0.1) is 20.8 Å². The number of methoxy groups -OCH3 is 2. The van der Waals surface area contributed by atoms with Gasteiger partial charge >= 0.3 is 5.97 Å². The second kappa shape index (κ2) is 6.28. The monoisotopic (exact) mass is 274 g/mol. The molecule has 1 aliphatic heterocycles. The van der Waals surface area contributed by atoms with E-state index in [1.54, 1.807) is 7.11 Å². The van der Waals surface area contributed by atoms with E-state index in [1.165, 1.54) is 7.11 Å². The van der Waals surface area contributed by atoms with Crippen molar-refractivity contribution < 1.29 is 19.0 Å². The highest BCUT2D eigenvalue weighted by Crippen LogP contribution is 2.31. The lowest BCUT2D eigenvalue weighted by atomic mass is 9.97. The number of benzene rings is 1. The van der Waals surface area contributed by atoms with E-state index in [9.17, 15) is 4.79 Å². The zero-order valence-corrected chi connectivity index (χ0v) is 11.8. The van der Waals surface area contributed by atoms with Gasteiger partial charge in [0.25, 0.3) is 0 Å². The van der Waals surface area contributed by atoms with Crippen molar-refractivity contribution in [2.45, 2.75) is 12.8 Å². The minimum absolute atomic E-state index is 0.414. The lowest BCUT2D eigenvalue weighted by molar-refractivity contribution is -0.135. The fourth-order valence-electron chi connectivity index (χ4n) is 2.14. The SMILES string of the molecule is C=C(/C(C(=O)OC)=C1/CCCO1)c1ccc(OC)cc1. The molecule has 1 heterocycles. The van der Waals surface area contributed by atoms with Crippen molar-refractivity contribution in [1.29, 1.82) is 0 Å². The molecule has 0 bridgehead atoms. The van der Waals surface area contributed by atoms with E-state index < -0.39 is 5.97 Å². The van der Waals surface area contributed by atoms with Crippen molar-refractivity contribution in [2.75, 3.05) is 20.8 Å². The molecule has 2 rings (SSSR count). The molecule has 0 radical (unpaired) electrons. The second-order valence-electron chi connectivity index (χ2n) is 4.45. The van der Waals surface area contributed by atoms with Gasteiger partial charge in [-0.3, -0.25) is 0 Å². The van der Waals surface area contributed by atoms with Gasteiger partial charge in [0, 0.05) is 6.42 Å². The molecule has 0 aliphatic carbocycles. The fraction of sp³-hybridized carbons (Fsp3) is 0.312. The highest BCUT2D eigenvalue weighted by Gasteiger charge is 2.24. The summed E-state index contributed by atoms with van der Waals surface area (Å²) >= 11 is 0. The first-order valence-electron chi connectivity index (χ1n) is 6.45. The Morgan fingerprint density at radius 2 is 1.95 bits per heavy atom. The van der Waals surface area contributed by atoms with Crippen molar-refractivity contribution in [3.8, 4) is 5.75 Å². The van der Waals surface area contributed by atoms with Crippen molar-refractivity contribution in [3.05, 3.63) is 47.7 Å². The van der Waals surface area contributed by atoms with Crippen LogP contribution in [0.2, 0.25) is 0 Å². The van der Waals surface area contributed by atoms with Crippen LogP contribution in [-0.2, 0) is 14.3 Å². The van der Waals surface area contributed by atoms with Gasteiger partial charge in [-0.15, -0.1) is 0 Å². The minimum Gasteiger partial charge on any atom is -0.497 e. The van der Waals surface area contributed by atoms with Crippen LogP contribution in [0.5, 0.6) is 5.75 Å². The fourth-order valence-corrected chi connectivity index (χ4v) is 2.14. The maximum atomic E-state index is 12.0. The number of ether oxygens (including phenoxy) is 3. The summed E-state index contributed by atoms with van der Waals surface area (Å²) in [5.74, 6) is 1.01. The lowest BCUT2D eigenvalue weighted by Gasteiger charge is -2.12. The van der Waals surface area contributed by atoms with Crippen molar-refractivity contribution in [1.82, 2.24) is 0 Å². The molecule has 106 valence electrons. The van der Waals surface area contributed by atoms with Gasteiger partial charge in [0.1, 0.15) is 17.1 Å². The van der Waals surface area contributed by atoms with Crippen LogP contribution >= 0.6 is 0 Å². The topological polar surface area (TPSA) is 44.8 Å². The van der Waals surface area contributed by atoms with E-state index in [0.717, 1.165) is 24.2 Å². The average Bonchev–Trinajstić information content (AvgIpc) is 3.01. The van der Waals surface area contributed by atoms with E-state index in [4.69, 9.17) is 14.2 Å². The van der Waals surface area contributed by atoms with E-state index in [2.05, 4.69) is 6.58 Å². The molecule has 1 aromatic rings. The Hall–Kier alpha value is -2.23. The number of hydrogen-bond donors (Lipinski definition) is 0. The predicted octanol–water partition coefficient (Wildman–Crippen LogP) is 2.95. The molecule has 1 aliphatic rings. The van der Waals surface area contributed by atoms with Crippen LogP contribution in [-0.4, -0.2) is 26.8 Å². The molecule has 0 N–H and O–H groups in total. The summed E-state index contributed by atoms with van der Waals surface area (Å²) in [6, 6.07) is 7.38. The lowest BCUT2D eigenvalue weighted by Crippen LogP contribution is -2.09. The molecule has 0 amide bonds. The van der Waals surface area contributed by atoms with Crippen LogP contribution in [0.1, 0.15) is 18.4 Å². The van der Waals surface area contributed by atoms with Gasteiger partial charge in [-0.25, -0.2) is 4.79 Å². The Labute approximate surface area is 118 Å². The number of rotatable bonds is 4. The smallest absolute Gasteiger partial charge is 0.341 e. The first-order valence-corrected chi connectivity index (χ1v) is 6.45. The molecule has 0 atom stereocenters. The molecular formula is C16H18O4. The van der Waals surface area contributed by atoms with Crippen LogP contribution in [0.4, 0.5) is 0 Å². The molecule has 0 aromatic heterocycles. The van der Waals surface area contributed by atoms with E-state index in [1.807, 2.05) is 24.3 Å². The van der Waals surface area contributed by atoms with Gasteiger partial charge in [-0.1, -0.05) is 18.7 Å². The third-order valence-electron chi connectivity index (χ3n) is 3.23. The molecule has 0 unspecified atom stereocenters. The summed E-state index contributed by atoms with van der Waals surface area (Å²) in [5.41, 5.74) is 1.88. The zero-order valence-electron chi connectivity index (χ0n) is 11.8. The molecule has 0 saturated carbocycles. The molecule has 0 spiro atoms. The molecule has 4 heteroatoms. The number of allylic oxidation sites excluding steroid dienone is 1. The highest BCUT2D eigenvalue weighted by atomic mass is 16.5. The van der Waals surface area contributed by atoms with Gasteiger partial charge in [0.2, 0.25) is 0 Å². The summed E-state index contributed by atoms with van der Waals surface area (Å²) in [4.78, 5) is 12.0. The molecule has 20 heavy (non-hydrogen) atoms. The van der Waals surface area contributed by atoms with Crippen molar-refractivity contribution in [3.63, 3.8) is 0 Å². The predicted molar refractivity (Wildman–Crippen MR) is 76.3 cm³/mol.